The Kier molecular flexibility index (Phi) is 3.39. The molecular formula is C9H10ClF3N2S. The quantitative estimate of drug-likeness (QED) is 0.770. The molecule has 0 aromatic carbocycles. The fraction of sp³-hybridized carbons (Fsp3) is 0.778. The summed E-state index contributed by atoms with van der Waals surface area (Å²) in [6.45, 7) is 0. The summed E-state index contributed by atoms with van der Waals surface area (Å²) in [5, 5.41) is 8.32. The van der Waals surface area contributed by atoms with Crippen molar-refractivity contribution in [2.45, 2.75) is 37.8 Å². The number of rotatable bonds is 1. The van der Waals surface area contributed by atoms with Crippen molar-refractivity contribution in [3.63, 3.8) is 0 Å². The second kappa shape index (κ2) is 4.49. The fourth-order valence-corrected chi connectivity index (χ4v) is 3.06. The molecule has 0 bridgehead atoms. The Morgan fingerprint density at radius 3 is 2.19 bits per heavy atom. The highest BCUT2D eigenvalue weighted by Crippen LogP contribution is 2.43. The van der Waals surface area contributed by atoms with Crippen molar-refractivity contribution in [3.05, 3.63) is 9.47 Å². The normalized spacial score (nSPS) is 27.0. The zero-order valence-corrected chi connectivity index (χ0v) is 9.87. The van der Waals surface area contributed by atoms with Crippen LogP contribution >= 0.6 is 22.9 Å². The molecule has 0 amide bonds. The van der Waals surface area contributed by atoms with Crippen LogP contribution in [0, 0.1) is 5.92 Å². The first-order valence-electron chi connectivity index (χ1n) is 5.02. The Balaban J connectivity index is 1.95. The van der Waals surface area contributed by atoms with Crippen molar-refractivity contribution in [2.24, 2.45) is 5.92 Å². The lowest BCUT2D eigenvalue weighted by atomic mass is 9.82. The summed E-state index contributed by atoms with van der Waals surface area (Å²) in [5.41, 5.74) is 0. The average Bonchev–Trinajstić information content (AvgIpc) is 2.64. The second-order valence-corrected chi connectivity index (χ2v) is 5.57. The predicted octanol–water partition coefficient (Wildman–Crippen LogP) is 4.03. The van der Waals surface area contributed by atoms with E-state index in [9.17, 15) is 13.2 Å². The van der Waals surface area contributed by atoms with E-state index >= 15 is 0 Å². The van der Waals surface area contributed by atoms with Gasteiger partial charge in [0.15, 0.2) is 0 Å². The molecule has 1 fully saturated rings. The van der Waals surface area contributed by atoms with Gasteiger partial charge in [0.25, 0.3) is 0 Å². The fourth-order valence-electron chi connectivity index (χ4n) is 2.05. The van der Waals surface area contributed by atoms with Gasteiger partial charge in [0, 0.05) is 5.92 Å². The number of hydrogen-bond donors (Lipinski definition) is 0. The Morgan fingerprint density at radius 1 is 1.12 bits per heavy atom. The van der Waals surface area contributed by atoms with Crippen LogP contribution in [0.5, 0.6) is 0 Å². The molecule has 1 saturated carbocycles. The molecule has 0 saturated heterocycles. The Bertz CT molecular complexity index is 358. The molecule has 16 heavy (non-hydrogen) atoms. The summed E-state index contributed by atoms with van der Waals surface area (Å²) in [6.07, 6.45) is -2.63. The average molecular weight is 271 g/mol. The highest BCUT2D eigenvalue weighted by molar-refractivity contribution is 7.15. The first kappa shape index (κ1) is 12.1. The van der Waals surface area contributed by atoms with Crippen LogP contribution in [-0.2, 0) is 0 Å². The maximum Gasteiger partial charge on any atom is 0.391 e. The van der Waals surface area contributed by atoms with E-state index in [1.54, 1.807) is 0 Å². The summed E-state index contributed by atoms with van der Waals surface area (Å²) in [5.74, 6) is -1.05. The van der Waals surface area contributed by atoms with Gasteiger partial charge in [0.05, 0.1) is 5.92 Å². The first-order valence-corrected chi connectivity index (χ1v) is 6.22. The molecule has 0 radical (unpaired) electrons. The van der Waals surface area contributed by atoms with Gasteiger partial charge in [-0.2, -0.15) is 13.2 Å². The van der Waals surface area contributed by atoms with Crippen LogP contribution in [0.4, 0.5) is 13.2 Å². The maximum atomic E-state index is 12.4. The van der Waals surface area contributed by atoms with Gasteiger partial charge < -0.3 is 0 Å². The molecule has 0 unspecified atom stereocenters. The molecule has 1 aromatic rings. The van der Waals surface area contributed by atoms with E-state index in [1.165, 1.54) is 11.3 Å². The second-order valence-electron chi connectivity index (χ2n) is 3.98. The van der Waals surface area contributed by atoms with E-state index in [0.29, 0.717) is 17.3 Å². The lowest BCUT2D eigenvalue weighted by Gasteiger charge is -2.28. The Morgan fingerprint density at radius 2 is 1.75 bits per heavy atom. The molecule has 1 aliphatic carbocycles. The Labute approximate surface area is 99.8 Å². The largest absolute Gasteiger partial charge is 0.391 e. The number of halogens is 4. The molecule has 0 atom stereocenters. The number of hydrogen-bond acceptors (Lipinski definition) is 3. The molecule has 0 spiro atoms. The number of nitrogens with zero attached hydrogens (tertiary/aromatic N) is 2. The topological polar surface area (TPSA) is 25.8 Å². The zero-order chi connectivity index (χ0) is 11.8. The minimum atomic E-state index is -4.05. The van der Waals surface area contributed by atoms with E-state index in [-0.39, 0.29) is 18.8 Å². The van der Waals surface area contributed by atoms with Gasteiger partial charge in [-0.25, -0.2) is 0 Å². The van der Waals surface area contributed by atoms with E-state index in [2.05, 4.69) is 10.2 Å². The molecule has 1 aliphatic rings. The van der Waals surface area contributed by atoms with Crippen molar-refractivity contribution in [3.8, 4) is 0 Å². The van der Waals surface area contributed by atoms with Gasteiger partial charge in [0.1, 0.15) is 5.01 Å². The van der Waals surface area contributed by atoms with E-state index in [1.807, 2.05) is 0 Å². The van der Waals surface area contributed by atoms with Gasteiger partial charge in [-0.1, -0.05) is 11.3 Å². The third kappa shape index (κ3) is 2.66. The highest BCUT2D eigenvalue weighted by atomic mass is 35.5. The molecule has 7 heteroatoms. The molecule has 1 heterocycles. The SMILES string of the molecule is FC(F)(F)C1CCC(c2nnc(Cl)s2)CC1. The van der Waals surface area contributed by atoms with Crippen molar-refractivity contribution < 1.29 is 13.2 Å². The van der Waals surface area contributed by atoms with Crippen LogP contribution in [0.15, 0.2) is 0 Å². The van der Waals surface area contributed by atoms with Crippen LogP contribution in [-0.4, -0.2) is 16.4 Å². The molecule has 2 nitrogen and oxygen atoms in total. The Hall–Kier alpha value is -0.360. The van der Waals surface area contributed by atoms with Gasteiger partial charge in [0.2, 0.25) is 4.47 Å². The number of alkyl halides is 3. The third-order valence-electron chi connectivity index (χ3n) is 2.96. The van der Waals surface area contributed by atoms with Crippen molar-refractivity contribution in [2.75, 3.05) is 0 Å². The molecule has 2 rings (SSSR count). The summed E-state index contributed by atoms with van der Waals surface area (Å²) in [6, 6.07) is 0. The third-order valence-corrected chi connectivity index (χ3v) is 4.14. The lowest BCUT2D eigenvalue weighted by molar-refractivity contribution is -0.182. The smallest absolute Gasteiger partial charge is 0.171 e. The van der Waals surface area contributed by atoms with Gasteiger partial charge in [-0.05, 0) is 37.3 Å². The summed E-state index contributed by atoms with van der Waals surface area (Å²) >= 11 is 6.91. The summed E-state index contributed by atoms with van der Waals surface area (Å²) in [7, 11) is 0. The van der Waals surface area contributed by atoms with Crippen LogP contribution < -0.4 is 0 Å². The van der Waals surface area contributed by atoms with Crippen LogP contribution in [0.3, 0.4) is 0 Å². The standard InChI is InChI=1S/C9H10ClF3N2S/c10-8-15-14-7(16-8)5-1-3-6(4-2-5)9(11,12)13/h5-6H,1-4H2. The van der Waals surface area contributed by atoms with Gasteiger partial charge in [-0.15, -0.1) is 10.2 Å². The van der Waals surface area contributed by atoms with E-state index in [0.717, 1.165) is 5.01 Å². The minimum Gasteiger partial charge on any atom is -0.171 e. The van der Waals surface area contributed by atoms with E-state index in [4.69, 9.17) is 11.6 Å². The van der Waals surface area contributed by atoms with Crippen molar-refractivity contribution in [1.82, 2.24) is 10.2 Å². The lowest BCUT2D eigenvalue weighted by Crippen LogP contribution is -2.27. The van der Waals surface area contributed by atoms with E-state index < -0.39 is 12.1 Å². The minimum absolute atomic E-state index is 0.101. The zero-order valence-electron chi connectivity index (χ0n) is 8.30. The van der Waals surface area contributed by atoms with Crippen molar-refractivity contribution in [1.29, 1.82) is 0 Å². The van der Waals surface area contributed by atoms with Gasteiger partial charge in [-0.3, -0.25) is 0 Å². The molecule has 0 aliphatic heterocycles. The van der Waals surface area contributed by atoms with Crippen LogP contribution in [0.1, 0.15) is 36.6 Å². The van der Waals surface area contributed by atoms with Crippen LogP contribution in [0.25, 0.3) is 0 Å². The summed E-state index contributed by atoms with van der Waals surface area (Å²) < 4.78 is 37.6. The molecule has 0 N–H and O–H groups in total. The molecule has 90 valence electrons. The monoisotopic (exact) mass is 270 g/mol. The van der Waals surface area contributed by atoms with Gasteiger partial charge >= 0.3 is 6.18 Å². The summed E-state index contributed by atoms with van der Waals surface area (Å²) in [4.78, 5) is 0. The highest BCUT2D eigenvalue weighted by Gasteiger charge is 2.41. The van der Waals surface area contributed by atoms with Crippen molar-refractivity contribution >= 4 is 22.9 Å². The predicted molar refractivity (Wildman–Crippen MR) is 55.7 cm³/mol. The van der Waals surface area contributed by atoms with Crippen LogP contribution in [0.2, 0.25) is 4.47 Å². The maximum absolute atomic E-state index is 12.4. The molecular weight excluding hydrogens is 261 g/mol. The number of aromatic nitrogens is 2. The first-order chi connectivity index (χ1) is 7.47. The molecule has 1 aromatic heterocycles.